The average Bonchev–Trinajstić information content (AvgIpc) is 2.43. The molecule has 21 heavy (non-hydrogen) atoms. The maximum atomic E-state index is 11.9. The van der Waals surface area contributed by atoms with Crippen molar-refractivity contribution in [3.63, 3.8) is 0 Å². The largest absolute Gasteiger partial charge is 0.397 e. The van der Waals surface area contributed by atoms with E-state index in [2.05, 4.69) is 5.32 Å². The quantitative estimate of drug-likeness (QED) is 0.850. The van der Waals surface area contributed by atoms with E-state index in [-0.39, 0.29) is 5.91 Å². The smallest absolute Gasteiger partial charge is 0.253 e. The number of carbonyl (C=O) groups excluding carboxylic acids is 1. The number of hydrogen-bond donors (Lipinski definition) is 2. The first-order valence-corrected chi connectivity index (χ1v) is 6.91. The molecule has 0 radical (unpaired) electrons. The fourth-order valence-corrected chi connectivity index (χ4v) is 2.26. The van der Waals surface area contributed by atoms with Crippen LogP contribution < -0.4 is 11.1 Å². The molecule has 0 atom stereocenters. The Hall–Kier alpha value is -2.20. The van der Waals surface area contributed by atoms with Gasteiger partial charge in [-0.15, -0.1) is 0 Å². The molecule has 2 aromatic rings. The van der Waals surface area contributed by atoms with Gasteiger partial charge in [-0.3, -0.25) is 4.79 Å². The molecule has 0 heterocycles. The summed E-state index contributed by atoms with van der Waals surface area (Å²) in [5, 5.41) is 3.85. The predicted molar refractivity (Wildman–Crippen MR) is 88.3 cm³/mol. The van der Waals surface area contributed by atoms with Crippen LogP contribution in [0.2, 0.25) is 5.02 Å². The van der Waals surface area contributed by atoms with Gasteiger partial charge in [0.05, 0.1) is 22.1 Å². The number of aryl methyl sites for hydroxylation is 1. The number of para-hydroxylation sites is 1. The SMILES string of the molecule is Cc1cccc(Cl)c1Nc1ccc(C(=O)N(C)C)cc1N. The topological polar surface area (TPSA) is 58.4 Å². The van der Waals surface area contributed by atoms with E-state index in [4.69, 9.17) is 17.3 Å². The summed E-state index contributed by atoms with van der Waals surface area (Å²) in [5.74, 6) is -0.0813. The van der Waals surface area contributed by atoms with Crippen molar-refractivity contribution in [3.8, 4) is 0 Å². The molecule has 1 amide bonds. The third-order valence-electron chi connectivity index (χ3n) is 3.19. The normalized spacial score (nSPS) is 10.3. The average molecular weight is 304 g/mol. The van der Waals surface area contributed by atoms with Gasteiger partial charge in [0.1, 0.15) is 0 Å². The number of nitrogens with zero attached hydrogens (tertiary/aromatic N) is 1. The van der Waals surface area contributed by atoms with E-state index in [0.29, 0.717) is 16.3 Å². The lowest BCUT2D eigenvalue weighted by atomic mass is 10.1. The summed E-state index contributed by atoms with van der Waals surface area (Å²) in [6.45, 7) is 1.97. The molecule has 0 spiro atoms. The first-order chi connectivity index (χ1) is 9.90. The van der Waals surface area contributed by atoms with Gasteiger partial charge in [-0.2, -0.15) is 0 Å². The van der Waals surface area contributed by atoms with E-state index >= 15 is 0 Å². The van der Waals surface area contributed by atoms with Crippen LogP contribution >= 0.6 is 11.6 Å². The van der Waals surface area contributed by atoms with Gasteiger partial charge in [0, 0.05) is 19.7 Å². The molecule has 0 aromatic heterocycles. The van der Waals surface area contributed by atoms with Gasteiger partial charge in [-0.1, -0.05) is 23.7 Å². The highest BCUT2D eigenvalue weighted by atomic mass is 35.5. The van der Waals surface area contributed by atoms with Crippen LogP contribution in [-0.2, 0) is 0 Å². The minimum atomic E-state index is -0.0813. The van der Waals surface area contributed by atoms with Crippen molar-refractivity contribution >= 4 is 34.6 Å². The lowest BCUT2D eigenvalue weighted by Gasteiger charge is -2.15. The van der Waals surface area contributed by atoms with Gasteiger partial charge < -0.3 is 16.0 Å². The highest BCUT2D eigenvalue weighted by Gasteiger charge is 2.11. The number of hydrogen-bond acceptors (Lipinski definition) is 3. The lowest BCUT2D eigenvalue weighted by Crippen LogP contribution is -2.21. The second-order valence-electron chi connectivity index (χ2n) is 5.06. The molecule has 0 unspecified atom stereocenters. The summed E-state index contributed by atoms with van der Waals surface area (Å²) in [5.41, 5.74) is 9.65. The molecular formula is C16H18ClN3O. The second-order valence-corrected chi connectivity index (χ2v) is 5.47. The molecule has 0 aliphatic rings. The molecule has 5 heteroatoms. The maximum Gasteiger partial charge on any atom is 0.253 e. The van der Waals surface area contributed by atoms with Crippen molar-refractivity contribution in [2.45, 2.75) is 6.92 Å². The number of anilines is 3. The molecule has 2 aromatic carbocycles. The van der Waals surface area contributed by atoms with Gasteiger partial charge in [-0.25, -0.2) is 0 Å². The number of amides is 1. The number of nitrogens with two attached hydrogens (primary N) is 1. The molecule has 110 valence electrons. The molecule has 0 saturated heterocycles. The Labute approximate surface area is 129 Å². The molecule has 4 nitrogen and oxygen atoms in total. The van der Waals surface area contributed by atoms with Gasteiger partial charge in [0.2, 0.25) is 0 Å². The van der Waals surface area contributed by atoms with Crippen molar-refractivity contribution < 1.29 is 4.79 Å². The fraction of sp³-hybridized carbons (Fsp3) is 0.188. The first kappa shape index (κ1) is 15.2. The van der Waals surface area contributed by atoms with Crippen LogP contribution in [-0.4, -0.2) is 24.9 Å². The molecule has 0 saturated carbocycles. The number of nitrogens with one attached hydrogen (secondary N) is 1. The Morgan fingerprint density at radius 3 is 2.52 bits per heavy atom. The lowest BCUT2D eigenvalue weighted by molar-refractivity contribution is 0.0827. The number of halogens is 1. The Morgan fingerprint density at radius 2 is 1.95 bits per heavy atom. The van der Waals surface area contributed by atoms with Crippen LogP contribution in [0.4, 0.5) is 17.1 Å². The summed E-state index contributed by atoms with van der Waals surface area (Å²) >= 11 is 6.19. The predicted octanol–water partition coefficient (Wildman–Crippen LogP) is 3.68. The Balaban J connectivity index is 2.32. The Kier molecular flexibility index (Phi) is 4.38. The van der Waals surface area contributed by atoms with Crippen LogP contribution in [0.3, 0.4) is 0 Å². The van der Waals surface area contributed by atoms with Gasteiger partial charge in [0.25, 0.3) is 5.91 Å². The summed E-state index contributed by atoms with van der Waals surface area (Å²) < 4.78 is 0. The fourth-order valence-electron chi connectivity index (χ4n) is 1.99. The van der Waals surface area contributed by atoms with Crippen molar-refractivity contribution in [1.82, 2.24) is 4.90 Å². The van der Waals surface area contributed by atoms with Gasteiger partial charge in [0.15, 0.2) is 0 Å². The zero-order valence-electron chi connectivity index (χ0n) is 12.3. The molecule has 0 aliphatic heterocycles. The van der Waals surface area contributed by atoms with E-state index in [1.807, 2.05) is 25.1 Å². The molecule has 0 bridgehead atoms. The molecule has 0 fully saturated rings. The molecule has 2 rings (SSSR count). The summed E-state index contributed by atoms with van der Waals surface area (Å²) in [4.78, 5) is 13.4. The van der Waals surface area contributed by atoms with Crippen LogP contribution in [0, 0.1) is 6.92 Å². The summed E-state index contributed by atoms with van der Waals surface area (Å²) in [7, 11) is 3.41. The minimum Gasteiger partial charge on any atom is -0.397 e. The van der Waals surface area contributed by atoms with Crippen LogP contribution in [0.5, 0.6) is 0 Å². The zero-order valence-corrected chi connectivity index (χ0v) is 13.0. The summed E-state index contributed by atoms with van der Waals surface area (Å²) in [6, 6.07) is 10.9. The van der Waals surface area contributed by atoms with E-state index < -0.39 is 0 Å². The molecule has 3 N–H and O–H groups in total. The third-order valence-corrected chi connectivity index (χ3v) is 3.50. The zero-order chi connectivity index (χ0) is 15.6. The number of carbonyl (C=O) groups is 1. The third kappa shape index (κ3) is 3.28. The van der Waals surface area contributed by atoms with E-state index in [1.54, 1.807) is 32.3 Å². The molecular weight excluding hydrogens is 286 g/mol. The number of rotatable bonds is 3. The number of benzene rings is 2. The Morgan fingerprint density at radius 1 is 1.24 bits per heavy atom. The Bertz CT molecular complexity index is 663. The van der Waals surface area contributed by atoms with Crippen LogP contribution in [0.25, 0.3) is 0 Å². The molecule has 0 aliphatic carbocycles. The maximum absolute atomic E-state index is 11.9. The van der Waals surface area contributed by atoms with E-state index in [0.717, 1.165) is 16.9 Å². The first-order valence-electron chi connectivity index (χ1n) is 6.53. The minimum absolute atomic E-state index is 0.0813. The highest BCUT2D eigenvalue weighted by molar-refractivity contribution is 6.33. The van der Waals surface area contributed by atoms with Gasteiger partial charge >= 0.3 is 0 Å². The monoisotopic (exact) mass is 303 g/mol. The van der Waals surface area contributed by atoms with Crippen molar-refractivity contribution in [1.29, 1.82) is 0 Å². The van der Waals surface area contributed by atoms with Crippen molar-refractivity contribution in [3.05, 3.63) is 52.5 Å². The standard InChI is InChI=1S/C16H18ClN3O/c1-10-5-4-6-12(17)15(10)19-14-8-7-11(9-13(14)18)16(21)20(2)3/h4-9,19H,18H2,1-3H3. The van der Waals surface area contributed by atoms with E-state index in [9.17, 15) is 4.79 Å². The second kappa shape index (κ2) is 6.06. The van der Waals surface area contributed by atoms with Crippen LogP contribution in [0.1, 0.15) is 15.9 Å². The van der Waals surface area contributed by atoms with Crippen molar-refractivity contribution in [2.75, 3.05) is 25.1 Å². The number of nitrogen functional groups attached to an aromatic ring is 1. The van der Waals surface area contributed by atoms with E-state index in [1.165, 1.54) is 4.90 Å². The van der Waals surface area contributed by atoms with Gasteiger partial charge in [-0.05, 0) is 36.8 Å². The summed E-state index contributed by atoms with van der Waals surface area (Å²) in [6.07, 6.45) is 0. The highest BCUT2D eigenvalue weighted by Crippen LogP contribution is 2.31. The van der Waals surface area contributed by atoms with Crippen molar-refractivity contribution in [2.24, 2.45) is 0 Å². The van der Waals surface area contributed by atoms with Crippen LogP contribution in [0.15, 0.2) is 36.4 Å².